The zero-order valence-electron chi connectivity index (χ0n) is 22.2. The van der Waals surface area contributed by atoms with Gasteiger partial charge in [0, 0.05) is 19.4 Å². The molecule has 3 aromatic heterocycles. The number of rotatable bonds is 4. The predicted molar refractivity (Wildman–Crippen MR) is 163 cm³/mol. The molecule has 0 saturated carbocycles. The Morgan fingerprint density at radius 2 is 1.68 bits per heavy atom. The minimum absolute atomic E-state index is 0.0771. The smallest absolute Gasteiger partial charge is 0.302 e. The molecule has 0 spiro atoms. The standard InChI is InChI=1S/C32H25N5O2S/c1-18(23-10-6-8-20-7-4-5-9-24(20)23)37-30-25-15-21(11-13-26(25)33-17-28(30)36(3)32(37)39)22-12-14-27-29(16-22)40-31(35-27)34-19(2)38/h4-18H,1-3H3,(H,34,35,38)/t18-/m1/s1. The number of hydrogen-bond donors (Lipinski definition) is 1. The molecule has 8 heteroatoms. The highest BCUT2D eigenvalue weighted by Gasteiger charge is 2.21. The zero-order chi connectivity index (χ0) is 27.5. The molecule has 3 heterocycles. The Hall–Kier alpha value is -4.82. The van der Waals surface area contributed by atoms with Crippen molar-refractivity contribution in [2.24, 2.45) is 7.05 Å². The molecule has 40 heavy (non-hydrogen) atoms. The number of aryl methyl sites for hydroxylation is 1. The van der Waals surface area contributed by atoms with Crippen LogP contribution < -0.4 is 11.0 Å². The van der Waals surface area contributed by atoms with E-state index in [9.17, 15) is 9.59 Å². The molecule has 1 amide bonds. The number of nitrogens with zero attached hydrogens (tertiary/aromatic N) is 4. The molecular formula is C32H25N5O2S. The van der Waals surface area contributed by atoms with Gasteiger partial charge in [-0.1, -0.05) is 65.9 Å². The van der Waals surface area contributed by atoms with Gasteiger partial charge >= 0.3 is 5.69 Å². The summed E-state index contributed by atoms with van der Waals surface area (Å²) >= 11 is 1.45. The molecule has 4 aromatic carbocycles. The molecule has 0 saturated heterocycles. The number of carbonyl (C=O) groups excluding carboxylic acids is 1. The summed E-state index contributed by atoms with van der Waals surface area (Å²) in [5.41, 5.74) is 6.38. The van der Waals surface area contributed by atoms with Crippen molar-refractivity contribution in [2.45, 2.75) is 19.9 Å². The van der Waals surface area contributed by atoms with Gasteiger partial charge in [-0.05, 0) is 58.7 Å². The Morgan fingerprint density at radius 3 is 2.50 bits per heavy atom. The van der Waals surface area contributed by atoms with E-state index < -0.39 is 0 Å². The van der Waals surface area contributed by atoms with E-state index in [0.29, 0.717) is 5.13 Å². The van der Waals surface area contributed by atoms with Crippen LogP contribution >= 0.6 is 11.3 Å². The molecule has 7 nitrogen and oxygen atoms in total. The minimum atomic E-state index is -0.197. The number of imidazole rings is 1. The quantitative estimate of drug-likeness (QED) is 0.262. The highest BCUT2D eigenvalue weighted by molar-refractivity contribution is 7.22. The third-order valence-electron chi connectivity index (χ3n) is 7.58. The Bertz CT molecular complexity index is 2180. The first kappa shape index (κ1) is 24.2. The molecule has 0 fully saturated rings. The van der Waals surface area contributed by atoms with Crippen LogP contribution in [0.5, 0.6) is 0 Å². The molecular weight excluding hydrogens is 518 g/mol. The highest BCUT2D eigenvalue weighted by Crippen LogP contribution is 2.35. The number of benzene rings is 4. The number of pyridine rings is 1. The van der Waals surface area contributed by atoms with E-state index in [0.717, 1.165) is 59.6 Å². The first-order chi connectivity index (χ1) is 19.4. The lowest BCUT2D eigenvalue weighted by Crippen LogP contribution is -2.25. The fourth-order valence-electron chi connectivity index (χ4n) is 5.63. The van der Waals surface area contributed by atoms with Gasteiger partial charge in [0.05, 0.1) is 39.0 Å². The molecule has 7 rings (SSSR count). The average Bonchev–Trinajstić information content (AvgIpc) is 3.48. The van der Waals surface area contributed by atoms with Gasteiger partial charge < -0.3 is 5.32 Å². The summed E-state index contributed by atoms with van der Waals surface area (Å²) in [6.45, 7) is 3.56. The van der Waals surface area contributed by atoms with Crippen LogP contribution in [-0.4, -0.2) is 25.0 Å². The lowest BCUT2D eigenvalue weighted by Gasteiger charge is -2.17. The predicted octanol–water partition coefficient (Wildman–Crippen LogP) is 6.89. The second-order valence-corrected chi connectivity index (χ2v) is 11.1. The number of thiazole rings is 1. The largest absolute Gasteiger partial charge is 0.329 e. The van der Waals surface area contributed by atoms with Crippen LogP contribution in [0.2, 0.25) is 0 Å². The number of anilines is 1. The summed E-state index contributed by atoms with van der Waals surface area (Å²) in [6.07, 6.45) is 1.79. The van der Waals surface area contributed by atoms with Gasteiger partial charge in [0.2, 0.25) is 5.91 Å². The van der Waals surface area contributed by atoms with Gasteiger partial charge in [-0.15, -0.1) is 0 Å². The van der Waals surface area contributed by atoms with Gasteiger partial charge in [0.15, 0.2) is 5.13 Å². The lowest BCUT2D eigenvalue weighted by molar-refractivity contribution is -0.114. The van der Waals surface area contributed by atoms with E-state index in [1.54, 1.807) is 17.8 Å². The van der Waals surface area contributed by atoms with Gasteiger partial charge in [-0.2, -0.15) is 0 Å². The van der Waals surface area contributed by atoms with Crippen molar-refractivity contribution >= 4 is 65.3 Å². The summed E-state index contributed by atoms with van der Waals surface area (Å²) < 4.78 is 4.57. The molecule has 0 unspecified atom stereocenters. The minimum Gasteiger partial charge on any atom is -0.302 e. The van der Waals surface area contributed by atoms with Crippen LogP contribution in [0, 0.1) is 0 Å². The van der Waals surface area contributed by atoms with E-state index in [2.05, 4.69) is 65.8 Å². The van der Waals surface area contributed by atoms with Crippen LogP contribution in [0.15, 0.2) is 89.9 Å². The van der Waals surface area contributed by atoms with Crippen LogP contribution in [0.25, 0.3) is 54.1 Å². The van der Waals surface area contributed by atoms with E-state index in [-0.39, 0.29) is 17.6 Å². The van der Waals surface area contributed by atoms with Gasteiger partial charge in [-0.3, -0.25) is 18.9 Å². The van der Waals surface area contributed by atoms with Gasteiger partial charge in [-0.25, -0.2) is 9.78 Å². The first-order valence-electron chi connectivity index (χ1n) is 13.0. The molecule has 1 N–H and O–H groups in total. The van der Waals surface area contributed by atoms with Crippen molar-refractivity contribution in [1.29, 1.82) is 0 Å². The van der Waals surface area contributed by atoms with Gasteiger partial charge in [0.1, 0.15) is 0 Å². The Balaban J connectivity index is 1.43. The fourth-order valence-corrected chi connectivity index (χ4v) is 6.58. The van der Waals surface area contributed by atoms with E-state index >= 15 is 0 Å². The summed E-state index contributed by atoms with van der Waals surface area (Å²) in [7, 11) is 1.80. The van der Waals surface area contributed by atoms with Crippen LogP contribution in [0.4, 0.5) is 5.13 Å². The second-order valence-electron chi connectivity index (χ2n) is 10.1. The maximum Gasteiger partial charge on any atom is 0.329 e. The van der Waals surface area contributed by atoms with E-state index in [1.165, 1.54) is 18.3 Å². The topological polar surface area (TPSA) is 81.8 Å². The van der Waals surface area contributed by atoms with Crippen LogP contribution in [-0.2, 0) is 11.8 Å². The Labute approximate surface area is 233 Å². The summed E-state index contributed by atoms with van der Waals surface area (Å²) in [6, 6.07) is 26.6. The van der Waals surface area contributed by atoms with Crippen molar-refractivity contribution in [2.75, 3.05) is 5.32 Å². The maximum absolute atomic E-state index is 13.7. The Morgan fingerprint density at radius 1 is 0.925 bits per heavy atom. The average molecular weight is 544 g/mol. The number of hydrogen-bond acceptors (Lipinski definition) is 5. The molecule has 7 aromatic rings. The number of fused-ring (bicyclic) bond motifs is 5. The van der Waals surface area contributed by atoms with Crippen molar-refractivity contribution in [3.05, 3.63) is 101 Å². The number of nitrogens with one attached hydrogen (secondary N) is 1. The van der Waals surface area contributed by atoms with Crippen LogP contribution in [0.3, 0.4) is 0 Å². The first-order valence-corrected chi connectivity index (χ1v) is 13.9. The third-order valence-corrected chi connectivity index (χ3v) is 8.51. The lowest BCUT2D eigenvalue weighted by atomic mass is 9.99. The number of amides is 1. The molecule has 1 atom stereocenters. The molecule has 196 valence electrons. The van der Waals surface area contributed by atoms with Crippen molar-refractivity contribution in [3.63, 3.8) is 0 Å². The SMILES string of the molecule is CC(=O)Nc1nc2ccc(-c3ccc4ncc5c(c4c3)n([C@H](C)c3cccc4ccccc34)c(=O)n5C)cc2s1. The third kappa shape index (κ3) is 3.79. The number of aromatic nitrogens is 4. The van der Waals surface area contributed by atoms with Crippen molar-refractivity contribution < 1.29 is 4.79 Å². The number of carbonyl (C=O) groups is 1. The molecule has 0 radical (unpaired) electrons. The summed E-state index contributed by atoms with van der Waals surface area (Å²) in [5, 5.41) is 6.56. The molecule has 0 aliphatic rings. The molecule has 0 aliphatic heterocycles. The van der Waals surface area contributed by atoms with E-state index in [1.807, 2.05) is 34.9 Å². The van der Waals surface area contributed by atoms with Crippen LogP contribution in [0.1, 0.15) is 25.5 Å². The van der Waals surface area contributed by atoms with Crippen molar-refractivity contribution in [1.82, 2.24) is 19.1 Å². The Kier molecular flexibility index (Phi) is 5.54. The van der Waals surface area contributed by atoms with E-state index in [4.69, 9.17) is 4.98 Å². The van der Waals surface area contributed by atoms with Crippen molar-refractivity contribution in [3.8, 4) is 11.1 Å². The normalized spacial score (nSPS) is 12.5. The molecule has 0 aliphatic carbocycles. The highest BCUT2D eigenvalue weighted by atomic mass is 32.1. The molecule has 0 bridgehead atoms. The summed E-state index contributed by atoms with van der Waals surface area (Å²) in [5.74, 6) is -0.142. The zero-order valence-corrected chi connectivity index (χ0v) is 23.0. The van der Waals surface area contributed by atoms with Gasteiger partial charge in [0.25, 0.3) is 0 Å². The maximum atomic E-state index is 13.7. The second kappa shape index (κ2) is 9.14. The fraction of sp³-hybridized carbons (Fsp3) is 0.125. The summed E-state index contributed by atoms with van der Waals surface area (Å²) in [4.78, 5) is 34.4. The monoisotopic (exact) mass is 543 g/mol.